The van der Waals surface area contributed by atoms with E-state index in [1.807, 2.05) is 24.3 Å². The lowest BCUT2D eigenvalue weighted by Crippen LogP contribution is -2.28. The predicted octanol–water partition coefficient (Wildman–Crippen LogP) is 15.7. The zero-order chi connectivity index (χ0) is 41.7. The number of unbranched alkanes of at least 4 members (excludes halogenated alkanes) is 23. The maximum atomic E-state index is 12.9. The van der Waals surface area contributed by atoms with Gasteiger partial charge in [-0.25, -0.2) is 9.59 Å². The van der Waals surface area contributed by atoms with Crippen molar-refractivity contribution in [2.45, 2.75) is 233 Å². The van der Waals surface area contributed by atoms with Crippen LogP contribution in [0.1, 0.15) is 230 Å². The van der Waals surface area contributed by atoms with E-state index in [4.69, 9.17) is 9.47 Å². The Bertz CT molecular complexity index is 1210. The molecule has 330 valence electrons. The van der Waals surface area contributed by atoms with Gasteiger partial charge in [0, 0.05) is 13.1 Å². The van der Waals surface area contributed by atoms with Gasteiger partial charge in [0.2, 0.25) is 0 Å². The highest BCUT2D eigenvalue weighted by Gasteiger charge is 2.15. The second-order valence-corrected chi connectivity index (χ2v) is 16.9. The zero-order valence-corrected chi connectivity index (χ0v) is 38.1. The average molecular weight is 805 g/mol. The third-order valence-corrected chi connectivity index (χ3v) is 11.7. The highest BCUT2D eigenvalue weighted by molar-refractivity contribution is 5.71. The number of hydrogen-bond donors (Lipinski definition) is 2. The summed E-state index contributed by atoms with van der Waals surface area (Å²) in [7, 11) is 0. The van der Waals surface area contributed by atoms with Crippen molar-refractivity contribution >= 4 is 12.2 Å². The summed E-state index contributed by atoms with van der Waals surface area (Å²) in [6, 6.07) is 12.5. The Balaban J connectivity index is 1.77. The van der Waals surface area contributed by atoms with Crippen LogP contribution in [-0.2, 0) is 25.7 Å². The van der Waals surface area contributed by atoms with Gasteiger partial charge in [0.25, 0.3) is 0 Å². The van der Waals surface area contributed by atoms with Gasteiger partial charge in [-0.3, -0.25) is 0 Å². The number of carbonyl (C=O) groups is 2. The lowest BCUT2D eigenvalue weighted by Gasteiger charge is -2.16. The number of carbonyl (C=O) groups excluding carboxylic acids is 2. The van der Waals surface area contributed by atoms with E-state index in [0.717, 1.165) is 75.7 Å². The van der Waals surface area contributed by atoms with Gasteiger partial charge < -0.3 is 20.1 Å². The van der Waals surface area contributed by atoms with Crippen molar-refractivity contribution in [2.75, 3.05) is 13.1 Å². The first-order valence-corrected chi connectivity index (χ1v) is 24.7. The largest absolute Gasteiger partial charge is 0.412 e. The van der Waals surface area contributed by atoms with Crippen molar-refractivity contribution < 1.29 is 19.1 Å². The second-order valence-electron chi connectivity index (χ2n) is 16.9. The maximum Gasteiger partial charge on any atom is 0.412 e. The molecule has 0 aromatic heterocycles. The number of ether oxygens (including phenoxy) is 2. The first-order chi connectivity index (χ1) is 28.5. The molecule has 58 heavy (non-hydrogen) atoms. The molecule has 0 aliphatic rings. The van der Waals surface area contributed by atoms with Gasteiger partial charge >= 0.3 is 12.2 Å². The number of benzene rings is 2. The molecule has 0 bridgehead atoms. The van der Waals surface area contributed by atoms with Gasteiger partial charge in [0.1, 0.15) is 11.5 Å². The third kappa shape index (κ3) is 24.8. The topological polar surface area (TPSA) is 76.7 Å². The Morgan fingerprint density at radius 2 is 0.672 bits per heavy atom. The summed E-state index contributed by atoms with van der Waals surface area (Å²) < 4.78 is 11.9. The van der Waals surface area contributed by atoms with Crippen molar-refractivity contribution in [3.8, 4) is 11.5 Å². The molecule has 6 nitrogen and oxygen atoms in total. The molecule has 0 saturated carbocycles. The standard InChI is InChI=1S/C52H88N2O4/c1-5-9-13-17-21-27-35-45-37-33-41-49(47(45)39-29-23-19-15-11-7-3)57-51(55)53-43-31-25-26-32-44-54-52(56)58-50-42-34-38-46(36-28-22-18-14-10-6-2)48(50)40-30-24-20-16-12-8-4/h33-34,37-38,41-42H,5-32,35-36,39-40,43-44H2,1-4H3,(H,53,55)(H,54,56). The molecule has 0 fully saturated rings. The molecule has 0 radical (unpaired) electrons. The number of rotatable bonds is 37. The van der Waals surface area contributed by atoms with Crippen LogP contribution in [-0.4, -0.2) is 25.3 Å². The van der Waals surface area contributed by atoms with Gasteiger partial charge in [-0.1, -0.05) is 193 Å². The Hall–Kier alpha value is -3.02. The van der Waals surface area contributed by atoms with Crippen LogP contribution in [0.2, 0.25) is 0 Å². The Morgan fingerprint density at radius 3 is 1.02 bits per heavy atom. The first-order valence-electron chi connectivity index (χ1n) is 24.7. The van der Waals surface area contributed by atoms with Gasteiger partial charge in [-0.2, -0.15) is 0 Å². The number of nitrogens with one attached hydrogen (secondary N) is 2. The summed E-state index contributed by atoms with van der Waals surface area (Å²) in [6.07, 6.45) is 37.3. The first kappa shape index (κ1) is 51.1. The van der Waals surface area contributed by atoms with E-state index in [9.17, 15) is 9.59 Å². The second kappa shape index (κ2) is 35.9. The maximum absolute atomic E-state index is 12.9. The van der Waals surface area contributed by atoms with Crippen molar-refractivity contribution in [3.63, 3.8) is 0 Å². The van der Waals surface area contributed by atoms with E-state index in [-0.39, 0.29) is 12.2 Å². The van der Waals surface area contributed by atoms with Crippen molar-refractivity contribution in [3.05, 3.63) is 58.7 Å². The molecule has 6 heteroatoms. The summed E-state index contributed by atoms with van der Waals surface area (Å²) in [5.74, 6) is 1.46. The fraction of sp³-hybridized carbons (Fsp3) is 0.731. The molecule has 2 amide bonds. The fourth-order valence-corrected chi connectivity index (χ4v) is 8.06. The summed E-state index contributed by atoms with van der Waals surface area (Å²) >= 11 is 0. The normalized spacial score (nSPS) is 11.2. The van der Waals surface area contributed by atoms with Gasteiger partial charge in [0.05, 0.1) is 0 Å². The zero-order valence-electron chi connectivity index (χ0n) is 38.1. The minimum absolute atomic E-state index is 0.364. The van der Waals surface area contributed by atoms with Gasteiger partial charge in [-0.05, 0) is 98.6 Å². The highest BCUT2D eigenvalue weighted by Crippen LogP contribution is 2.29. The fourth-order valence-electron chi connectivity index (χ4n) is 8.06. The number of aryl methyl sites for hydroxylation is 2. The summed E-state index contributed by atoms with van der Waals surface area (Å²) in [5.41, 5.74) is 5.14. The lowest BCUT2D eigenvalue weighted by molar-refractivity contribution is 0.198. The van der Waals surface area contributed by atoms with E-state index in [1.165, 1.54) is 164 Å². The molecule has 0 unspecified atom stereocenters. The molecular weight excluding hydrogens is 717 g/mol. The number of hydrogen-bond acceptors (Lipinski definition) is 4. The van der Waals surface area contributed by atoms with Crippen LogP contribution in [0, 0.1) is 0 Å². The molecule has 0 atom stereocenters. The van der Waals surface area contributed by atoms with Crippen LogP contribution >= 0.6 is 0 Å². The van der Waals surface area contributed by atoms with E-state index in [0.29, 0.717) is 13.1 Å². The van der Waals surface area contributed by atoms with Gasteiger partial charge in [-0.15, -0.1) is 0 Å². The third-order valence-electron chi connectivity index (χ3n) is 11.7. The molecule has 2 aromatic carbocycles. The average Bonchev–Trinajstić information content (AvgIpc) is 3.22. The van der Waals surface area contributed by atoms with Crippen LogP contribution in [0.4, 0.5) is 9.59 Å². The van der Waals surface area contributed by atoms with E-state index >= 15 is 0 Å². The Kier molecular flexibility index (Phi) is 31.6. The van der Waals surface area contributed by atoms with E-state index in [1.54, 1.807) is 0 Å². The Morgan fingerprint density at radius 1 is 0.379 bits per heavy atom. The monoisotopic (exact) mass is 805 g/mol. The number of amides is 2. The van der Waals surface area contributed by atoms with Crippen molar-refractivity contribution in [1.29, 1.82) is 0 Å². The lowest BCUT2D eigenvalue weighted by atomic mass is 9.95. The molecule has 2 rings (SSSR count). The highest BCUT2D eigenvalue weighted by atomic mass is 16.6. The molecular formula is C52H88N2O4. The van der Waals surface area contributed by atoms with Crippen LogP contribution in [0.25, 0.3) is 0 Å². The van der Waals surface area contributed by atoms with Crippen molar-refractivity contribution in [1.82, 2.24) is 10.6 Å². The van der Waals surface area contributed by atoms with Crippen LogP contribution in [0.15, 0.2) is 36.4 Å². The summed E-state index contributed by atoms with van der Waals surface area (Å²) in [5, 5.41) is 5.97. The minimum Gasteiger partial charge on any atom is -0.410 e. The summed E-state index contributed by atoms with van der Waals surface area (Å²) in [4.78, 5) is 25.8. The van der Waals surface area contributed by atoms with E-state index < -0.39 is 0 Å². The molecule has 0 saturated heterocycles. The summed E-state index contributed by atoms with van der Waals surface area (Å²) in [6.45, 7) is 10.2. The molecule has 0 spiro atoms. The smallest absolute Gasteiger partial charge is 0.410 e. The molecule has 0 heterocycles. The minimum atomic E-state index is -0.364. The van der Waals surface area contributed by atoms with E-state index in [2.05, 4.69) is 50.5 Å². The van der Waals surface area contributed by atoms with Crippen LogP contribution in [0.5, 0.6) is 11.5 Å². The van der Waals surface area contributed by atoms with Gasteiger partial charge in [0.15, 0.2) is 0 Å². The van der Waals surface area contributed by atoms with Crippen LogP contribution < -0.4 is 20.1 Å². The Labute approximate surface area is 357 Å². The molecule has 2 aromatic rings. The van der Waals surface area contributed by atoms with Crippen LogP contribution in [0.3, 0.4) is 0 Å². The van der Waals surface area contributed by atoms with Crippen molar-refractivity contribution in [2.24, 2.45) is 0 Å². The quantitative estimate of drug-likeness (QED) is 0.0667. The SMILES string of the molecule is CCCCCCCCc1cccc(OC(=O)NCCCCCCNC(=O)Oc2cccc(CCCCCCCC)c2CCCCCCCC)c1CCCCCCCC. The molecule has 0 aliphatic heterocycles. The molecule has 0 aliphatic carbocycles. The predicted molar refractivity (Wildman–Crippen MR) is 248 cm³/mol. The molecule has 2 N–H and O–H groups in total.